The molecule has 5 heteroatoms. The molecule has 88 valence electrons. The van der Waals surface area contributed by atoms with Crippen molar-refractivity contribution in [2.24, 2.45) is 0 Å². The fraction of sp³-hybridized carbons (Fsp3) is 0.0833. The van der Waals surface area contributed by atoms with Crippen LogP contribution in [0, 0.1) is 11.6 Å². The second-order valence-electron chi connectivity index (χ2n) is 3.32. The molecule has 1 heterocycles. The van der Waals surface area contributed by atoms with E-state index in [9.17, 15) is 8.78 Å². The van der Waals surface area contributed by atoms with E-state index in [2.05, 4.69) is 4.98 Å². The van der Waals surface area contributed by atoms with Gasteiger partial charge in [-0.3, -0.25) is 0 Å². The van der Waals surface area contributed by atoms with Crippen molar-refractivity contribution in [2.75, 3.05) is 0 Å². The third-order valence-electron chi connectivity index (χ3n) is 2.06. The van der Waals surface area contributed by atoms with Crippen LogP contribution >= 0.6 is 11.6 Å². The Morgan fingerprint density at radius 1 is 1.18 bits per heavy atom. The zero-order valence-corrected chi connectivity index (χ0v) is 9.42. The molecule has 0 amide bonds. The molecule has 0 aliphatic carbocycles. The van der Waals surface area contributed by atoms with Crippen molar-refractivity contribution in [1.82, 2.24) is 4.98 Å². The number of hydrogen-bond acceptors (Lipinski definition) is 2. The summed E-state index contributed by atoms with van der Waals surface area (Å²) in [5, 5.41) is 0. The van der Waals surface area contributed by atoms with E-state index >= 15 is 0 Å². The highest BCUT2D eigenvalue weighted by atomic mass is 35.5. The molecule has 0 N–H and O–H groups in total. The van der Waals surface area contributed by atoms with Gasteiger partial charge in [0.05, 0.1) is 0 Å². The van der Waals surface area contributed by atoms with E-state index in [1.54, 1.807) is 12.1 Å². The predicted molar refractivity (Wildman–Crippen MR) is 60.2 cm³/mol. The van der Waals surface area contributed by atoms with Crippen LogP contribution in [-0.2, 0) is 5.88 Å². The van der Waals surface area contributed by atoms with Gasteiger partial charge in [-0.25, -0.2) is 13.8 Å². The van der Waals surface area contributed by atoms with Gasteiger partial charge < -0.3 is 4.74 Å². The Hall–Kier alpha value is -1.68. The lowest BCUT2D eigenvalue weighted by atomic mass is 10.3. The van der Waals surface area contributed by atoms with Crippen molar-refractivity contribution in [3.8, 4) is 11.6 Å². The predicted octanol–water partition coefficient (Wildman–Crippen LogP) is 3.89. The number of ether oxygens (including phenoxy) is 1. The lowest BCUT2D eigenvalue weighted by Gasteiger charge is -2.06. The standard InChI is InChI=1S/C12H8ClF2NO/c13-6-8-1-4-12(16-7-8)17-11-5-9(14)2-3-10(11)15/h1-5,7H,6H2. The van der Waals surface area contributed by atoms with Gasteiger partial charge in [-0.05, 0) is 17.7 Å². The average Bonchev–Trinajstić information content (AvgIpc) is 2.35. The lowest BCUT2D eigenvalue weighted by molar-refractivity contribution is 0.422. The van der Waals surface area contributed by atoms with Crippen LogP contribution in [0.5, 0.6) is 11.6 Å². The minimum atomic E-state index is -0.644. The van der Waals surface area contributed by atoms with Crippen LogP contribution in [0.4, 0.5) is 8.78 Å². The number of alkyl halides is 1. The minimum Gasteiger partial charge on any atom is -0.436 e. The van der Waals surface area contributed by atoms with Crippen molar-refractivity contribution in [3.63, 3.8) is 0 Å². The highest BCUT2D eigenvalue weighted by Gasteiger charge is 2.07. The molecule has 0 bridgehead atoms. The molecule has 0 spiro atoms. The summed E-state index contributed by atoms with van der Waals surface area (Å²) in [6.45, 7) is 0. The average molecular weight is 256 g/mol. The van der Waals surface area contributed by atoms with Gasteiger partial charge >= 0.3 is 0 Å². The van der Waals surface area contributed by atoms with Crippen LogP contribution in [0.1, 0.15) is 5.56 Å². The number of rotatable bonds is 3. The third kappa shape index (κ3) is 2.91. The van der Waals surface area contributed by atoms with Gasteiger partial charge in [0.25, 0.3) is 0 Å². The molecule has 2 nitrogen and oxygen atoms in total. The summed E-state index contributed by atoms with van der Waals surface area (Å²) in [5.41, 5.74) is 0.818. The Kier molecular flexibility index (Phi) is 3.54. The van der Waals surface area contributed by atoms with Crippen molar-refractivity contribution in [1.29, 1.82) is 0 Å². The van der Waals surface area contributed by atoms with E-state index in [-0.39, 0.29) is 11.6 Å². The topological polar surface area (TPSA) is 22.1 Å². The summed E-state index contributed by atoms with van der Waals surface area (Å²) in [6.07, 6.45) is 1.51. The number of hydrogen-bond donors (Lipinski definition) is 0. The van der Waals surface area contributed by atoms with Gasteiger partial charge in [-0.15, -0.1) is 11.6 Å². The fourth-order valence-electron chi connectivity index (χ4n) is 1.22. The normalized spacial score (nSPS) is 10.3. The molecule has 2 rings (SSSR count). The maximum Gasteiger partial charge on any atom is 0.219 e. The molecule has 0 saturated carbocycles. The van der Waals surface area contributed by atoms with Crippen LogP contribution in [0.25, 0.3) is 0 Å². The van der Waals surface area contributed by atoms with E-state index in [1.165, 1.54) is 6.20 Å². The molecule has 0 atom stereocenters. The summed E-state index contributed by atoms with van der Waals surface area (Å²) < 4.78 is 31.3. The van der Waals surface area contributed by atoms with Gasteiger partial charge in [0.15, 0.2) is 11.6 Å². The van der Waals surface area contributed by atoms with Gasteiger partial charge in [0, 0.05) is 24.2 Å². The Labute approximate surface area is 102 Å². The molecule has 0 aliphatic heterocycles. The van der Waals surface area contributed by atoms with E-state index in [4.69, 9.17) is 16.3 Å². The summed E-state index contributed by atoms with van der Waals surface area (Å²) in [7, 11) is 0. The van der Waals surface area contributed by atoms with Crippen molar-refractivity contribution < 1.29 is 13.5 Å². The number of nitrogens with zero attached hydrogens (tertiary/aromatic N) is 1. The van der Waals surface area contributed by atoms with Gasteiger partial charge in [0.2, 0.25) is 5.88 Å². The Morgan fingerprint density at radius 3 is 2.65 bits per heavy atom. The zero-order chi connectivity index (χ0) is 12.3. The summed E-state index contributed by atoms with van der Waals surface area (Å²) in [5.74, 6) is -0.894. The first-order chi connectivity index (χ1) is 8.19. The molecule has 17 heavy (non-hydrogen) atoms. The van der Waals surface area contributed by atoms with E-state index in [0.29, 0.717) is 5.88 Å². The number of halogens is 3. The van der Waals surface area contributed by atoms with Crippen molar-refractivity contribution in [2.45, 2.75) is 5.88 Å². The van der Waals surface area contributed by atoms with Crippen LogP contribution in [0.3, 0.4) is 0 Å². The van der Waals surface area contributed by atoms with Crippen LogP contribution < -0.4 is 4.74 Å². The number of pyridine rings is 1. The maximum atomic E-state index is 13.3. The Morgan fingerprint density at radius 2 is 2.00 bits per heavy atom. The zero-order valence-electron chi connectivity index (χ0n) is 8.66. The second-order valence-corrected chi connectivity index (χ2v) is 3.58. The third-order valence-corrected chi connectivity index (χ3v) is 2.37. The lowest BCUT2D eigenvalue weighted by Crippen LogP contribution is -1.92. The van der Waals surface area contributed by atoms with E-state index < -0.39 is 11.6 Å². The first kappa shape index (κ1) is 11.8. The van der Waals surface area contributed by atoms with E-state index in [1.807, 2.05) is 0 Å². The molecule has 0 saturated heterocycles. The molecule has 0 aliphatic rings. The number of benzene rings is 1. The number of aromatic nitrogens is 1. The molecule has 0 unspecified atom stereocenters. The van der Waals surface area contributed by atoms with Gasteiger partial charge in [-0.1, -0.05) is 6.07 Å². The van der Waals surface area contributed by atoms with Gasteiger partial charge in [-0.2, -0.15) is 0 Å². The second kappa shape index (κ2) is 5.10. The van der Waals surface area contributed by atoms with Crippen LogP contribution in [-0.4, -0.2) is 4.98 Å². The first-order valence-corrected chi connectivity index (χ1v) is 5.36. The van der Waals surface area contributed by atoms with Gasteiger partial charge in [0.1, 0.15) is 5.82 Å². The smallest absolute Gasteiger partial charge is 0.219 e. The molecule has 1 aromatic heterocycles. The highest BCUT2D eigenvalue weighted by Crippen LogP contribution is 2.23. The minimum absolute atomic E-state index is 0.184. The highest BCUT2D eigenvalue weighted by molar-refractivity contribution is 6.17. The van der Waals surface area contributed by atoms with Crippen LogP contribution in [0.15, 0.2) is 36.5 Å². The van der Waals surface area contributed by atoms with E-state index in [0.717, 1.165) is 23.8 Å². The largest absolute Gasteiger partial charge is 0.436 e. The monoisotopic (exact) mass is 255 g/mol. The molecule has 0 radical (unpaired) electrons. The molecule has 1 aromatic carbocycles. The van der Waals surface area contributed by atoms with Crippen molar-refractivity contribution in [3.05, 3.63) is 53.7 Å². The molecular formula is C12H8ClF2NO. The fourth-order valence-corrected chi connectivity index (χ4v) is 1.38. The first-order valence-electron chi connectivity index (χ1n) is 4.83. The summed E-state index contributed by atoms with van der Waals surface area (Å²) in [6, 6.07) is 6.23. The maximum absolute atomic E-state index is 13.3. The SMILES string of the molecule is Fc1ccc(F)c(Oc2ccc(CCl)cn2)c1. The van der Waals surface area contributed by atoms with Crippen molar-refractivity contribution >= 4 is 11.6 Å². The summed E-state index contributed by atoms with van der Waals surface area (Å²) >= 11 is 5.60. The Balaban J connectivity index is 2.22. The molecule has 0 fully saturated rings. The molecule has 2 aromatic rings. The Bertz CT molecular complexity index is 516. The molecular weight excluding hydrogens is 248 g/mol. The quantitative estimate of drug-likeness (QED) is 0.776. The van der Waals surface area contributed by atoms with Crippen LogP contribution in [0.2, 0.25) is 0 Å². The summed E-state index contributed by atoms with van der Waals surface area (Å²) in [4.78, 5) is 3.92.